The van der Waals surface area contributed by atoms with Crippen LogP contribution in [-0.4, -0.2) is 42.5 Å². The van der Waals surface area contributed by atoms with Gasteiger partial charge in [-0.25, -0.2) is 0 Å². The molecule has 0 saturated heterocycles. The number of rotatable bonds is 8. The van der Waals surface area contributed by atoms with Gasteiger partial charge in [0.2, 0.25) is 5.91 Å². The first-order valence-electron chi connectivity index (χ1n) is 6.87. The van der Waals surface area contributed by atoms with E-state index in [2.05, 4.69) is 10.2 Å². The maximum atomic E-state index is 11.6. The number of nitrogens with zero attached hydrogens (tertiary/aromatic N) is 1. The Morgan fingerprint density at radius 2 is 2.12 bits per heavy atom. The van der Waals surface area contributed by atoms with E-state index < -0.39 is 0 Å². The predicted octanol–water partition coefficient (Wildman–Crippen LogP) is 1.10. The molecular formula is C13H27N3O. The fourth-order valence-electron chi connectivity index (χ4n) is 2.16. The Morgan fingerprint density at radius 3 is 2.59 bits per heavy atom. The molecule has 0 aliphatic heterocycles. The molecule has 1 rings (SSSR count). The van der Waals surface area contributed by atoms with Crippen LogP contribution in [0.3, 0.4) is 0 Å². The molecule has 17 heavy (non-hydrogen) atoms. The molecule has 1 saturated carbocycles. The molecule has 0 aromatic carbocycles. The van der Waals surface area contributed by atoms with Crippen molar-refractivity contribution < 1.29 is 4.79 Å². The number of hydrogen-bond donors (Lipinski definition) is 2. The molecule has 0 atom stereocenters. The van der Waals surface area contributed by atoms with Crippen LogP contribution >= 0.6 is 0 Å². The number of carbonyl (C=O) groups excluding carboxylic acids is 1. The SMILES string of the molecule is CC(C)NC(=O)CCN(CCCN)C1CCC1. The van der Waals surface area contributed by atoms with E-state index in [4.69, 9.17) is 5.73 Å². The van der Waals surface area contributed by atoms with Crippen molar-refractivity contribution in [1.29, 1.82) is 0 Å². The van der Waals surface area contributed by atoms with E-state index in [-0.39, 0.29) is 11.9 Å². The molecule has 1 aliphatic rings. The van der Waals surface area contributed by atoms with Crippen LogP contribution in [-0.2, 0) is 4.79 Å². The highest BCUT2D eigenvalue weighted by molar-refractivity contribution is 5.76. The molecule has 100 valence electrons. The monoisotopic (exact) mass is 241 g/mol. The van der Waals surface area contributed by atoms with Gasteiger partial charge in [0.1, 0.15) is 0 Å². The second-order valence-electron chi connectivity index (χ2n) is 5.24. The number of amides is 1. The van der Waals surface area contributed by atoms with Crippen molar-refractivity contribution in [2.75, 3.05) is 19.6 Å². The van der Waals surface area contributed by atoms with E-state index in [1.807, 2.05) is 13.8 Å². The summed E-state index contributed by atoms with van der Waals surface area (Å²) >= 11 is 0. The summed E-state index contributed by atoms with van der Waals surface area (Å²) in [6.45, 7) is 6.65. The highest BCUT2D eigenvalue weighted by Crippen LogP contribution is 2.24. The van der Waals surface area contributed by atoms with Crippen LogP contribution in [0.2, 0.25) is 0 Å². The summed E-state index contributed by atoms with van der Waals surface area (Å²) in [5, 5.41) is 2.94. The molecule has 0 unspecified atom stereocenters. The summed E-state index contributed by atoms with van der Waals surface area (Å²) in [5.41, 5.74) is 5.55. The summed E-state index contributed by atoms with van der Waals surface area (Å²) in [6.07, 6.45) is 5.55. The molecule has 0 bridgehead atoms. The molecule has 0 radical (unpaired) electrons. The quantitative estimate of drug-likeness (QED) is 0.669. The third-order valence-corrected chi connectivity index (χ3v) is 3.32. The standard InChI is InChI=1S/C13H27N3O/c1-11(2)15-13(17)7-10-16(9-4-8-14)12-5-3-6-12/h11-12H,3-10,14H2,1-2H3,(H,15,17). The zero-order valence-electron chi connectivity index (χ0n) is 11.2. The summed E-state index contributed by atoms with van der Waals surface area (Å²) in [7, 11) is 0. The van der Waals surface area contributed by atoms with Gasteiger partial charge in [-0.2, -0.15) is 0 Å². The first-order valence-corrected chi connectivity index (χ1v) is 6.87. The van der Waals surface area contributed by atoms with E-state index in [1.165, 1.54) is 19.3 Å². The zero-order chi connectivity index (χ0) is 12.7. The molecule has 1 amide bonds. The lowest BCUT2D eigenvalue weighted by molar-refractivity contribution is -0.122. The van der Waals surface area contributed by atoms with Crippen molar-refractivity contribution in [2.24, 2.45) is 5.73 Å². The molecule has 0 aromatic heterocycles. The minimum atomic E-state index is 0.164. The average molecular weight is 241 g/mol. The molecular weight excluding hydrogens is 214 g/mol. The first kappa shape index (κ1) is 14.5. The van der Waals surface area contributed by atoms with E-state index in [1.54, 1.807) is 0 Å². The summed E-state index contributed by atoms with van der Waals surface area (Å²) in [6, 6.07) is 0.942. The lowest BCUT2D eigenvalue weighted by atomic mass is 9.91. The van der Waals surface area contributed by atoms with Crippen molar-refractivity contribution in [2.45, 2.75) is 58.0 Å². The van der Waals surface area contributed by atoms with Crippen LogP contribution in [0.25, 0.3) is 0 Å². The van der Waals surface area contributed by atoms with Gasteiger partial charge in [-0.05, 0) is 46.2 Å². The second kappa shape index (κ2) is 7.67. The Hall–Kier alpha value is -0.610. The van der Waals surface area contributed by atoms with Gasteiger partial charge in [0.25, 0.3) is 0 Å². The van der Waals surface area contributed by atoms with Crippen molar-refractivity contribution in [1.82, 2.24) is 10.2 Å². The van der Waals surface area contributed by atoms with Crippen LogP contribution in [0.1, 0.15) is 46.0 Å². The van der Waals surface area contributed by atoms with Gasteiger partial charge >= 0.3 is 0 Å². The zero-order valence-corrected chi connectivity index (χ0v) is 11.2. The van der Waals surface area contributed by atoms with Crippen LogP contribution in [0.4, 0.5) is 0 Å². The van der Waals surface area contributed by atoms with E-state index in [9.17, 15) is 4.79 Å². The number of nitrogens with two attached hydrogens (primary N) is 1. The smallest absolute Gasteiger partial charge is 0.221 e. The largest absolute Gasteiger partial charge is 0.354 e. The second-order valence-corrected chi connectivity index (χ2v) is 5.24. The normalized spacial score (nSPS) is 16.3. The maximum Gasteiger partial charge on any atom is 0.221 e. The van der Waals surface area contributed by atoms with Gasteiger partial charge in [-0.1, -0.05) is 6.42 Å². The fraction of sp³-hybridized carbons (Fsp3) is 0.923. The lowest BCUT2D eigenvalue weighted by Crippen LogP contribution is -2.43. The van der Waals surface area contributed by atoms with Gasteiger partial charge in [0.15, 0.2) is 0 Å². The van der Waals surface area contributed by atoms with Gasteiger partial charge in [-0.15, -0.1) is 0 Å². The average Bonchev–Trinajstić information content (AvgIpc) is 2.18. The fourth-order valence-corrected chi connectivity index (χ4v) is 2.16. The molecule has 0 spiro atoms. The van der Waals surface area contributed by atoms with Crippen LogP contribution in [0, 0.1) is 0 Å². The van der Waals surface area contributed by atoms with Gasteiger partial charge < -0.3 is 11.1 Å². The maximum absolute atomic E-state index is 11.6. The van der Waals surface area contributed by atoms with Crippen molar-refractivity contribution in [3.8, 4) is 0 Å². The van der Waals surface area contributed by atoms with Crippen LogP contribution in [0.5, 0.6) is 0 Å². The van der Waals surface area contributed by atoms with Gasteiger partial charge in [0, 0.05) is 25.0 Å². The van der Waals surface area contributed by atoms with E-state index in [0.717, 1.165) is 26.1 Å². The number of hydrogen-bond acceptors (Lipinski definition) is 3. The number of carbonyl (C=O) groups is 1. The Morgan fingerprint density at radius 1 is 1.41 bits per heavy atom. The topological polar surface area (TPSA) is 58.4 Å². The highest BCUT2D eigenvalue weighted by atomic mass is 16.1. The Labute approximate surface area is 105 Å². The Balaban J connectivity index is 2.25. The summed E-state index contributed by atoms with van der Waals surface area (Å²) in [4.78, 5) is 14.0. The predicted molar refractivity (Wildman–Crippen MR) is 70.8 cm³/mol. The summed E-state index contributed by atoms with van der Waals surface area (Å²) < 4.78 is 0. The van der Waals surface area contributed by atoms with E-state index >= 15 is 0 Å². The van der Waals surface area contributed by atoms with Gasteiger partial charge in [0.05, 0.1) is 0 Å². The Kier molecular flexibility index (Phi) is 6.52. The van der Waals surface area contributed by atoms with Crippen LogP contribution < -0.4 is 11.1 Å². The van der Waals surface area contributed by atoms with E-state index in [0.29, 0.717) is 12.5 Å². The summed E-state index contributed by atoms with van der Waals surface area (Å²) in [5.74, 6) is 0.164. The van der Waals surface area contributed by atoms with Gasteiger partial charge in [-0.3, -0.25) is 9.69 Å². The third kappa shape index (κ3) is 5.50. The third-order valence-electron chi connectivity index (χ3n) is 3.32. The van der Waals surface area contributed by atoms with Crippen molar-refractivity contribution >= 4 is 5.91 Å². The highest BCUT2D eigenvalue weighted by Gasteiger charge is 2.24. The molecule has 0 aromatic rings. The lowest BCUT2D eigenvalue weighted by Gasteiger charge is -2.37. The Bertz CT molecular complexity index is 227. The minimum absolute atomic E-state index is 0.164. The molecule has 1 fully saturated rings. The minimum Gasteiger partial charge on any atom is -0.354 e. The molecule has 0 heterocycles. The molecule has 3 N–H and O–H groups in total. The molecule has 1 aliphatic carbocycles. The molecule has 4 nitrogen and oxygen atoms in total. The van der Waals surface area contributed by atoms with Crippen molar-refractivity contribution in [3.63, 3.8) is 0 Å². The first-order chi connectivity index (χ1) is 8.13. The van der Waals surface area contributed by atoms with Crippen molar-refractivity contribution in [3.05, 3.63) is 0 Å². The molecule has 4 heteroatoms. The number of nitrogens with one attached hydrogen (secondary N) is 1. The van der Waals surface area contributed by atoms with Crippen LogP contribution in [0.15, 0.2) is 0 Å².